The molecule has 0 aromatic carbocycles. The third-order valence-electron chi connectivity index (χ3n) is 3.15. The van der Waals surface area contributed by atoms with E-state index in [2.05, 4.69) is 18.8 Å². The number of rotatable bonds is 8. The number of nitrogens with zero attached hydrogens (tertiary/aromatic N) is 2. The normalized spacial score (nSPS) is 17.5. The fourth-order valence-corrected chi connectivity index (χ4v) is 1.87. The van der Waals surface area contributed by atoms with Crippen LogP contribution in [0.25, 0.3) is 0 Å². The van der Waals surface area contributed by atoms with Crippen LogP contribution in [0, 0.1) is 5.92 Å². The molecule has 18 heavy (non-hydrogen) atoms. The summed E-state index contributed by atoms with van der Waals surface area (Å²) in [6.45, 7) is 4.64. The molecule has 0 heterocycles. The van der Waals surface area contributed by atoms with Crippen LogP contribution in [0.15, 0.2) is 17.3 Å². The van der Waals surface area contributed by atoms with E-state index < -0.39 is 0 Å². The third-order valence-corrected chi connectivity index (χ3v) is 3.39. The summed E-state index contributed by atoms with van der Waals surface area (Å²) in [5, 5.41) is 0. The highest BCUT2D eigenvalue weighted by Gasteiger charge is 2.24. The summed E-state index contributed by atoms with van der Waals surface area (Å²) >= 11 is 5.01. The molecule has 4 N–H and O–H groups in total. The topological polar surface area (TPSA) is 76.9 Å². The molecule has 0 aliphatic rings. The van der Waals surface area contributed by atoms with E-state index in [0.29, 0.717) is 12.4 Å². The van der Waals surface area contributed by atoms with Gasteiger partial charge in [0.05, 0.1) is 11.6 Å². The molecule has 0 aliphatic heterocycles. The maximum absolute atomic E-state index is 5.67. The van der Waals surface area contributed by atoms with Crippen LogP contribution < -0.4 is 11.5 Å². The maximum Gasteiger partial charge on any atom is 0.119 e. The zero-order valence-electron chi connectivity index (χ0n) is 11.5. The lowest BCUT2D eigenvalue weighted by Crippen LogP contribution is -2.42. The predicted molar refractivity (Wildman–Crippen MR) is 80.7 cm³/mol. The van der Waals surface area contributed by atoms with Crippen molar-refractivity contribution in [2.45, 2.75) is 26.0 Å². The van der Waals surface area contributed by atoms with Crippen LogP contribution in [-0.4, -0.2) is 49.1 Å². The number of thiocarbonyl (C=S) groups is 1. The van der Waals surface area contributed by atoms with Crippen LogP contribution in [0.4, 0.5) is 0 Å². The summed E-state index contributed by atoms with van der Waals surface area (Å²) in [5.74, 6) is 0.697. The van der Waals surface area contributed by atoms with Gasteiger partial charge in [0.2, 0.25) is 0 Å². The standard InChI is InChI=1S/C12H24N4OS/c1-9(11(7-13)17-4)10(2)16(8-18)6-5-12(14)15-3/h5-6,8-11H,7,13H2,1-4H3,(H2,14,15)/b6-5-. The van der Waals surface area contributed by atoms with Crippen molar-refractivity contribution in [2.24, 2.45) is 22.4 Å². The van der Waals surface area contributed by atoms with Crippen LogP contribution >= 0.6 is 12.2 Å². The van der Waals surface area contributed by atoms with Crippen molar-refractivity contribution in [2.75, 3.05) is 20.7 Å². The summed E-state index contributed by atoms with van der Waals surface area (Å²) < 4.78 is 5.35. The van der Waals surface area contributed by atoms with Gasteiger partial charge in [0.15, 0.2) is 0 Å². The van der Waals surface area contributed by atoms with E-state index >= 15 is 0 Å². The number of nitrogens with two attached hydrogens (primary N) is 2. The molecule has 0 amide bonds. The van der Waals surface area contributed by atoms with Crippen molar-refractivity contribution in [1.29, 1.82) is 0 Å². The van der Waals surface area contributed by atoms with Crippen molar-refractivity contribution in [3.05, 3.63) is 12.3 Å². The molecule has 0 aromatic rings. The van der Waals surface area contributed by atoms with E-state index in [1.807, 2.05) is 11.1 Å². The SMILES string of the molecule is C/N=C(N)\C=C/N(C=S)C(C)C(C)C(CN)OC. The zero-order chi connectivity index (χ0) is 14.1. The highest BCUT2D eigenvalue weighted by molar-refractivity contribution is 7.78. The largest absolute Gasteiger partial charge is 0.384 e. The second kappa shape index (κ2) is 9.02. The molecular weight excluding hydrogens is 248 g/mol. The first-order valence-corrected chi connectivity index (χ1v) is 6.35. The van der Waals surface area contributed by atoms with Crippen LogP contribution in [0.5, 0.6) is 0 Å². The lowest BCUT2D eigenvalue weighted by Gasteiger charge is -2.32. The molecule has 0 bridgehead atoms. The van der Waals surface area contributed by atoms with E-state index in [1.54, 1.807) is 25.7 Å². The number of ether oxygens (including phenoxy) is 1. The Morgan fingerprint density at radius 1 is 1.50 bits per heavy atom. The van der Waals surface area contributed by atoms with Gasteiger partial charge in [0.1, 0.15) is 5.84 Å². The lowest BCUT2D eigenvalue weighted by molar-refractivity contribution is 0.0443. The molecule has 0 aliphatic carbocycles. The van der Waals surface area contributed by atoms with E-state index in [-0.39, 0.29) is 18.1 Å². The zero-order valence-corrected chi connectivity index (χ0v) is 12.4. The molecule has 3 unspecified atom stereocenters. The summed E-state index contributed by atoms with van der Waals surface area (Å²) in [4.78, 5) is 5.76. The minimum absolute atomic E-state index is 0.00281. The minimum atomic E-state index is 0.00281. The van der Waals surface area contributed by atoms with Gasteiger partial charge in [-0.15, -0.1) is 0 Å². The summed E-state index contributed by atoms with van der Waals surface area (Å²) in [5.41, 5.74) is 12.9. The van der Waals surface area contributed by atoms with Gasteiger partial charge in [-0.1, -0.05) is 19.1 Å². The first-order chi connectivity index (χ1) is 8.51. The molecule has 104 valence electrons. The van der Waals surface area contributed by atoms with Crippen molar-refractivity contribution in [3.8, 4) is 0 Å². The fraction of sp³-hybridized carbons (Fsp3) is 0.667. The molecule has 5 nitrogen and oxygen atoms in total. The summed E-state index contributed by atoms with van der Waals surface area (Å²) in [6, 6.07) is 0.164. The molecule has 6 heteroatoms. The molecule has 0 fully saturated rings. The monoisotopic (exact) mass is 272 g/mol. The number of aliphatic imine (C=N–C) groups is 1. The van der Waals surface area contributed by atoms with Gasteiger partial charge in [-0.2, -0.15) is 0 Å². The van der Waals surface area contributed by atoms with Gasteiger partial charge in [-0.05, 0) is 13.0 Å². The summed E-state index contributed by atoms with van der Waals surface area (Å²) in [7, 11) is 3.31. The van der Waals surface area contributed by atoms with Gasteiger partial charge in [-0.25, -0.2) is 0 Å². The molecule has 0 rings (SSSR count). The molecule has 3 atom stereocenters. The highest BCUT2D eigenvalue weighted by atomic mass is 32.1. The Labute approximate surface area is 115 Å². The molecule has 0 spiro atoms. The van der Waals surface area contributed by atoms with Gasteiger partial charge in [0, 0.05) is 38.9 Å². The Balaban J connectivity index is 4.74. The Morgan fingerprint density at radius 2 is 2.11 bits per heavy atom. The van der Waals surface area contributed by atoms with Gasteiger partial charge in [0.25, 0.3) is 0 Å². The van der Waals surface area contributed by atoms with E-state index in [9.17, 15) is 0 Å². The number of methoxy groups -OCH3 is 1. The highest BCUT2D eigenvalue weighted by Crippen LogP contribution is 2.16. The third kappa shape index (κ3) is 5.12. The predicted octanol–water partition coefficient (Wildman–Crippen LogP) is 0.745. The second-order valence-electron chi connectivity index (χ2n) is 4.13. The Hall–Kier alpha value is -0.980. The average Bonchev–Trinajstić information content (AvgIpc) is 2.39. The Kier molecular flexibility index (Phi) is 8.53. The maximum atomic E-state index is 5.67. The fourth-order valence-electron chi connectivity index (χ4n) is 1.61. The van der Waals surface area contributed by atoms with Crippen LogP contribution in [0.3, 0.4) is 0 Å². The van der Waals surface area contributed by atoms with Gasteiger partial charge >= 0.3 is 0 Å². The number of hydrogen-bond acceptors (Lipinski definition) is 4. The van der Waals surface area contributed by atoms with E-state index in [4.69, 9.17) is 28.4 Å². The smallest absolute Gasteiger partial charge is 0.119 e. The van der Waals surface area contributed by atoms with Crippen molar-refractivity contribution >= 4 is 23.5 Å². The number of amidine groups is 1. The Bertz CT molecular complexity index is 302. The molecule has 0 saturated heterocycles. The molecule has 0 radical (unpaired) electrons. The van der Waals surface area contributed by atoms with Crippen LogP contribution in [0.2, 0.25) is 0 Å². The quantitative estimate of drug-likeness (QED) is 0.387. The Morgan fingerprint density at radius 3 is 2.50 bits per heavy atom. The van der Waals surface area contributed by atoms with Crippen LogP contribution in [0.1, 0.15) is 13.8 Å². The van der Waals surface area contributed by atoms with Gasteiger partial charge < -0.3 is 21.1 Å². The minimum Gasteiger partial charge on any atom is -0.384 e. The van der Waals surface area contributed by atoms with E-state index in [1.165, 1.54) is 0 Å². The molecule has 0 aromatic heterocycles. The lowest BCUT2D eigenvalue weighted by atomic mass is 9.96. The van der Waals surface area contributed by atoms with Gasteiger partial charge in [-0.3, -0.25) is 4.99 Å². The molecule has 0 saturated carbocycles. The average molecular weight is 272 g/mol. The first kappa shape index (κ1) is 17.0. The molecular formula is C12H24N4OS. The van der Waals surface area contributed by atoms with Crippen molar-refractivity contribution in [1.82, 2.24) is 4.90 Å². The van der Waals surface area contributed by atoms with Crippen LogP contribution in [-0.2, 0) is 4.74 Å². The van der Waals surface area contributed by atoms with Crippen molar-refractivity contribution < 1.29 is 4.74 Å². The second-order valence-corrected chi connectivity index (χ2v) is 4.34. The number of hydrogen-bond donors (Lipinski definition) is 2. The van der Waals surface area contributed by atoms with Crippen molar-refractivity contribution in [3.63, 3.8) is 0 Å². The first-order valence-electron chi connectivity index (χ1n) is 5.87. The van der Waals surface area contributed by atoms with E-state index in [0.717, 1.165) is 0 Å². The summed E-state index contributed by atoms with van der Waals surface area (Å²) in [6.07, 6.45) is 3.54.